The molecule has 1 aliphatic rings. The third-order valence-electron chi connectivity index (χ3n) is 3.20. The van der Waals surface area contributed by atoms with Gasteiger partial charge in [-0.15, -0.1) is 6.42 Å². The first-order valence-electron chi connectivity index (χ1n) is 6.98. The smallest absolute Gasteiger partial charge is 0.192 e. The number of nitrogens with one attached hydrogen (secondary N) is 2. The van der Waals surface area contributed by atoms with Crippen LogP contribution in [0.5, 0.6) is 0 Å². The van der Waals surface area contributed by atoms with Crippen LogP contribution in [0.4, 0.5) is 0 Å². The van der Waals surface area contributed by atoms with Gasteiger partial charge in [-0.1, -0.05) is 5.92 Å². The van der Waals surface area contributed by atoms with Crippen molar-refractivity contribution in [3.05, 3.63) is 0 Å². The Labute approximate surface area is 116 Å². The first kappa shape index (κ1) is 15.8. The fraction of sp³-hybridized carbons (Fsp3) is 0.786. The Morgan fingerprint density at radius 1 is 1.58 bits per heavy atom. The standard InChI is InChI=1S/C14H26N4O/c1-5-7-16-14(15-6-2)17-10-12(3)18-8-9-19-11-13(18)4/h1,12-13H,6-11H2,2-4H3,(H2,15,16,17). The number of nitrogens with zero attached hydrogens (tertiary/aromatic N) is 2. The van der Waals surface area contributed by atoms with E-state index in [1.54, 1.807) is 0 Å². The van der Waals surface area contributed by atoms with Gasteiger partial charge >= 0.3 is 0 Å². The highest BCUT2D eigenvalue weighted by atomic mass is 16.5. The average Bonchev–Trinajstić information content (AvgIpc) is 2.42. The summed E-state index contributed by atoms with van der Waals surface area (Å²) in [5, 5.41) is 6.29. The molecular weight excluding hydrogens is 240 g/mol. The molecule has 2 atom stereocenters. The Morgan fingerprint density at radius 3 is 3.00 bits per heavy atom. The van der Waals surface area contributed by atoms with Crippen molar-refractivity contribution < 1.29 is 4.74 Å². The normalized spacial score (nSPS) is 22.6. The molecule has 19 heavy (non-hydrogen) atoms. The van der Waals surface area contributed by atoms with Gasteiger partial charge < -0.3 is 15.4 Å². The fourth-order valence-corrected chi connectivity index (χ4v) is 2.20. The molecule has 2 unspecified atom stereocenters. The van der Waals surface area contributed by atoms with Crippen molar-refractivity contribution in [1.29, 1.82) is 0 Å². The van der Waals surface area contributed by atoms with Crippen LogP contribution in [0.3, 0.4) is 0 Å². The van der Waals surface area contributed by atoms with Gasteiger partial charge in [0.25, 0.3) is 0 Å². The number of aliphatic imine (C=N–C) groups is 1. The van der Waals surface area contributed by atoms with Gasteiger partial charge in [-0.05, 0) is 20.8 Å². The van der Waals surface area contributed by atoms with Gasteiger partial charge in [-0.2, -0.15) is 0 Å². The molecule has 1 aliphatic heterocycles. The van der Waals surface area contributed by atoms with E-state index in [9.17, 15) is 0 Å². The number of morpholine rings is 1. The topological polar surface area (TPSA) is 48.9 Å². The van der Waals surface area contributed by atoms with E-state index in [0.717, 1.165) is 38.8 Å². The van der Waals surface area contributed by atoms with E-state index in [1.165, 1.54) is 0 Å². The van der Waals surface area contributed by atoms with Crippen molar-refractivity contribution >= 4 is 5.96 Å². The molecule has 0 amide bonds. The molecule has 0 bridgehead atoms. The molecule has 1 saturated heterocycles. The summed E-state index contributed by atoms with van der Waals surface area (Å²) in [6.45, 7) is 11.1. The minimum Gasteiger partial charge on any atom is -0.379 e. The minimum atomic E-state index is 0.403. The summed E-state index contributed by atoms with van der Waals surface area (Å²) in [6.07, 6.45) is 5.25. The van der Waals surface area contributed by atoms with E-state index in [1.807, 2.05) is 6.92 Å². The monoisotopic (exact) mass is 266 g/mol. The summed E-state index contributed by atoms with van der Waals surface area (Å²) < 4.78 is 5.46. The number of terminal acetylenes is 1. The predicted octanol–water partition coefficient (Wildman–Crippen LogP) is 0.284. The number of rotatable bonds is 5. The summed E-state index contributed by atoms with van der Waals surface area (Å²) >= 11 is 0. The predicted molar refractivity (Wildman–Crippen MR) is 79.3 cm³/mol. The number of hydrogen-bond donors (Lipinski definition) is 2. The van der Waals surface area contributed by atoms with Crippen molar-refractivity contribution in [3.8, 4) is 12.3 Å². The fourth-order valence-electron chi connectivity index (χ4n) is 2.20. The van der Waals surface area contributed by atoms with Gasteiger partial charge in [0, 0.05) is 25.2 Å². The third-order valence-corrected chi connectivity index (χ3v) is 3.20. The van der Waals surface area contributed by atoms with E-state index in [0.29, 0.717) is 18.6 Å². The van der Waals surface area contributed by atoms with Gasteiger partial charge in [0.05, 0.1) is 26.3 Å². The molecule has 2 N–H and O–H groups in total. The summed E-state index contributed by atoms with van der Waals surface area (Å²) in [7, 11) is 0. The van der Waals surface area contributed by atoms with Gasteiger partial charge in [-0.3, -0.25) is 9.89 Å². The third kappa shape index (κ3) is 5.50. The molecule has 0 spiro atoms. The molecule has 1 fully saturated rings. The van der Waals surface area contributed by atoms with Crippen molar-refractivity contribution in [2.75, 3.05) is 39.4 Å². The molecule has 108 valence electrons. The summed E-state index contributed by atoms with van der Waals surface area (Å²) in [6, 6.07) is 0.861. The summed E-state index contributed by atoms with van der Waals surface area (Å²) in [4.78, 5) is 7.02. The molecule has 0 saturated carbocycles. The average molecular weight is 266 g/mol. The van der Waals surface area contributed by atoms with Gasteiger partial charge in [0.2, 0.25) is 0 Å². The lowest BCUT2D eigenvalue weighted by molar-refractivity contribution is -0.0165. The second-order valence-electron chi connectivity index (χ2n) is 4.79. The van der Waals surface area contributed by atoms with Crippen LogP contribution in [0, 0.1) is 12.3 Å². The van der Waals surface area contributed by atoms with Crippen molar-refractivity contribution in [2.45, 2.75) is 32.9 Å². The van der Waals surface area contributed by atoms with E-state index in [-0.39, 0.29) is 0 Å². The number of guanidine groups is 1. The summed E-state index contributed by atoms with van der Waals surface area (Å²) in [5.74, 6) is 3.34. The van der Waals surface area contributed by atoms with E-state index < -0.39 is 0 Å². The van der Waals surface area contributed by atoms with Crippen molar-refractivity contribution in [2.24, 2.45) is 4.99 Å². The second-order valence-corrected chi connectivity index (χ2v) is 4.79. The van der Waals surface area contributed by atoms with Crippen LogP contribution in [-0.4, -0.2) is 62.3 Å². The lowest BCUT2D eigenvalue weighted by atomic mass is 10.2. The van der Waals surface area contributed by atoms with Crippen LogP contribution in [0.15, 0.2) is 4.99 Å². The molecule has 5 nitrogen and oxygen atoms in total. The van der Waals surface area contributed by atoms with Crippen LogP contribution in [0.1, 0.15) is 20.8 Å². The van der Waals surface area contributed by atoms with E-state index >= 15 is 0 Å². The van der Waals surface area contributed by atoms with E-state index in [4.69, 9.17) is 11.2 Å². The summed E-state index contributed by atoms with van der Waals surface area (Å²) in [5.41, 5.74) is 0. The highest BCUT2D eigenvalue weighted by molar-refractivity contribution is 5.79. The Bertz CT molecular complexity index is 324. The SMILES string of the molecule is C#CCNC(=NCC(C)N1CCOCC1C)NCC. The van der Waals surface area contributed by atoms with Crippen molar-refractivity contribution in [3.63, 3.8) is 0 Å². The van der Waals surface area contributed by atoms with Crippen molar-refractivity contribution in [1.82, 2.24) is 15.5 Å². The zero-order valence-electron chi connectivity index (χ0n) is 12.3. The first-order valence-corrected chi connectivity index (χ1v) is 6.98. The molecule has 1 rings (SSSR count). The molecular formula is C14H26N4O. The van der Waals surface area contributed by atoms with Crippen LogP contribution >= 0.6 is 0 Å². The van der Waals surface area contributed by atoms with Crippen LogP contribution in [-0.2, 0) is 4.74 Å². The highest BCUT2D eigenvalue weighted by Gasteiger charge is 2.23. The molecule has 0 radical (unpaired) electrons. The lowest BCUT2D eigenvalue weighted by Crippen LogP contribution is -2.49. The quantitative estimate of drug-likeness (QED) is 0.426. The molecule has 0 aromatic heterocycles. The largest absolute Gasteiger partial charge is 0.379 e. The maximum atomic E-state index is 5.46. The Morgan fingerprint density at radius 2 is 2.37 bits per heavy atom. The first-order chi connectivity index (χ1) is 9.19. The van der Waals surface area contributed by atoms with Crippen LogP contribution in [0.2, 0.25) is 0 Å². The Kier molecular flexibility index (Phi) is 7.31. The number of ether oxygens (including phenoxy) is 1. The maximum Gasteiger partial charge on any atom is 0.192 e. The molecule has 0 aliphatic carbocycles. The van der Waals surface area contributed by atoms with E-state index in [2.05, 4.69) is 40.3 Å². The molecule has 1 heterocycles. The number of hydrogen-bond acceptors (Lipinski definition) is 3. The van der Waals surface area contributed by atoms with Gasteiger partial charge in [0.1, 0.15) is 0 Å². The zero-order chi connectivity index (χ0) is 14.1. The van der Waals surface area contributed by atoms with Gasteiger partial charge in [-0.25, -0.2) is 0 Å². The molecule has 0 aromatic rings. The van der Waals surface area contributed by atoms with Crippen LogP contribution < -0.4 is 10.6 Å². The Balaban J connectivity index is 2.48. The zero-order valence-corrected chi connectivity index (χ0v) is 12.3. The minimum absolute atomic E-state index is 0.403. The molecule has 5 heteroatoms. The lowest BCUT2D eigenvalue weighted by Gasteiger charge is -2.37. The Hall–Kier alpha value is -1.25. The second kappa shape index (κ2) is 8.78. The van der Waals surface area contributed by atoms with Gasteiger partial charge in [0.15, 0.2) is 5.96 Å². The van der Waals surface area contributed by atoms with Crippen LogP contribution in [0.25, 0.3) is 0 Å². The maximum absolute atomic E-state index is 5.46. The highest BCUT2D eigenvalue weighted by Crippen LogP contribution is 2.10. The molecule has 0 aromatic carbocycles.